The standard InChI is InChI=1S/C15H26N2/c1-5-14-8-10-15(11-9-14)17(4)12-6-7-13(2)16-3/h8-11,13,16H,5-7,12H2,1-4H3. The Morgan fingerprint density at radius 2 is 1.88 bits per heavy atom. The van der Waals surface area contributed by atoms with Crippen molar-refractivity contribution in [2.24, 2.45) is 0 Å². The van der Waals surface area contributed by atoms with Crippen molar-refractivity contribution in [1.82, 2.24) is 5.32 Å². The molecular weight excluding hydrogens is 208 g/mol. The van der Waals surface area contributed by atoms with E-state index in [4.69, 9.17) is 0 Å². The Morgan fingerprint density at radius 1 is 1.24 bits per heavy atom. The highest BCUT2D eigenvalue weighted by Gasteiger charge is 2.02. The van der Waals surface area contributed by atoms with Gasteiger partial charge < -0.3 is 10.2 Å². The highest BCUT2D eigenvalue weighted by molar-refractivity contribution is 5.46. The van der Waals surface area contributed by atoms with Crippen molar-refractivity contribution >= 4 is 5.69 Å². The van der Waals surface area contributed by atoms with Gasteiger partial charge in [-0.1, -0.05) is 19.1 Å². The molecule has 0 aliphatic carbocycles. The lowest BCUT2D eigenvalue weighted by Crippen LogP contribution is -2.24. The van der Waals surface area contributed by atoms with Gasteiger partial charge >= 0.3 is 0 Å². The molecule has 0 aromatic heterocycles. The number of nitrogens with one attached hydrogen (secondary N) is 1. The largest absolute Gasteiger partial charge is 0.375 e. The summed E-state index contributed by atoms with van der Waals surface area (Å²) >= 11 is 0. The Labute approximate surface area is 106 Å². The van der Waals surface area contributed by atoms with E-state index >= 15 is 0 Å². The zero-order valence-corrected chi connectivity index (χ0v) is 11.7. The summed E-state index contributed by atoms with van der Waals surface area (Å²) < 4.78 is 0. The third kappa shape index (κ3) is 4.78. The molecule has 2 nitrogen and oxygen atoms in total. The molecule has 1 atom stereocenters. The number of nitrogens with zero attached hydrogens (tertiary/aromatic N) is 1. The second-order valence-electron chi connectivity index (χ2n) is 4.77. The van der Waals surface area contributed by atoms with E-state index < -0.39 is 0 Å². The van der Waals surface area contributed by atoms with Crippen LogP contribution in [0.2, 0.25) is 0 Å². The fourth-order valence-electron chi connectivity index (χ4n) is 1.89. The summed E-state index contributed by atoms with van der Waals surface area (Å²) in [6.45, 7) is 5.55. The molecule has 0 bridgehead atoms. The van der Waals surface area contributed by atoms with Crippen molar-refractivity contribution < 1.29 is 0 Å². The number of benzene rings is 1. The lowest BCUT2D eigenvalue weighted by Gasteiger charge is -2.20. The van der Waals surface area contributed by atoms with Crippen molar-refractivity contribution in [3.05, 3.63) is 29.8 Å². The Hall–Kier alpha value is -1.02. The number of anilines is 1. The van der Waals surface area contributed by atoms with Crippen LogP contribution in [0, 0.1) is 0 Å². The predicted octanol–water partition coefficient (Wildman–Crippen LogP) is 3.07. The number of hydrogen-bond donors (Lipinski definition) is 1. The normalized spacial score (nSPS) is 12.5. The first kappa shape index (κ1) is 14.0. The smallest absolute Gasteiger partial charge is 0.0363 e. The van der Waals surface area contributed by atoms with Gasteiger partial charge in [-0.15, -0.1) is 0 Å². The van der Waals surface area contributed by atoms with Crippen LogP contribution < -0.4 is 10.2 Å². The van der Waals surface area contributed by atoms with Crippen LogP contribution in [0.15, 0.2) is 24.3 Å². The van der Waals surface area contributed by atoms with E-state index in [1.54, 1.807) is 0 Å². The molecule has 0 amide bonds. The predicted molar refractivity (Wildman–Crippen MR) is 76.8 cm³/mol. The molecule has 0 radical (unpaired) electrons. The molecule has 0 aliphatic heterocycles. The fraction of sp³-hybridized carbons (Fsp3) is 0.600. The average molecular weight is 234 g/mol. The van der Waals surface area contributed by atoms with Crippen molar-refractivity contribution in [2.75, 3.05) is 25.5 Å². The quantitative estimate of drug-likeness (QED) is 0.780. The summed E-state index contributed by atoms with van der Waals surface area (Å²) in [5.74, 6) is 0. The second kappa shape index (κ2) is 7.33. The minimum Gasteiger partial charge on any atom is -0.375 e. The van der Waals surface area contributed by atoms with Crippen LogP contribution in [-0.2, 0) is 6.42 Å². The zero-order valence-electron chi connectivity index (χ0n) is 11.7. The molecular formula is C15H26N2. The zero-order chi connectivity index (χ0) is 12.7. The maximum Gasteiger partial charge on any atom is 0.0363 e. The molecule has 0 aliphatic rings. The third-order valence-corrected chi connectivity index (χ3v) is 3.41. The Kier molecular flexibility index (Phi) is 6.06. The van der Waals surface area contributed by atoms with E-state index in [0.717, 1.165) is 13.0 Å². The summed E-state index contributed by atoms with van der Waals surface area (Å²) in [4.78, 5) is 2.34. The van der Waals surface area contributed by atoms with E-state index in [-0.39, 0.29) is 0 Å². The monoisotopic (exact) mass is 234 g/mol. The highest BCUT2D eigenvalue weighted by Crippen LogP contribution is 2.14. The van der Waals surface area contributed by atoms with Gasteiger partial charge in [-0.2, -0.15) is 0 Å². The van der Waals surface area contributed by atoms with Gasteiger partial charge in [0.2, 0.25) is 0 Å². The van der Waals surface area contributed by atoms with Gasteiger partial charge in [-0.05, 0) is 50.9 Å². The Balaban J connectivity index is 2.38. The maximum atomic E-state index is 3.27. The van der Waals surface area contributed by atoms with Crippen LogP contribution in [0.5, 0.6) is 0 Å². The van der Waals surface area contributed by atoms with Gasteiger partial charge in [-0.3, -0.25) is 0 Å². The lowest BCUT2D eigenvalue weighted by molar-refractivity contribution is 0.542. The highest BCUT2D eigenvalue weighted by atomic mass is 15.1. The van der Waals surface area contributed by atoms with E-state index in [9.17, 15) is 0 Å². The Bertz CT molecular complexity index is 305. The summed E-state index contributed by atoms with van der Waals surface area (Å²) in [6, 6.07) is 9.51. The molecule has 1 unspecified atom stereocenters. The van der Waals surface area contributed by atoms with Crippen LogP contribution in [-0.4, -0.2) is 26.7 Å². The van der Waals surface area contributed by atoms with Crippen molar-refractivity contribution in [3.8, 4) is 0 Å². The van der Waals surface area contributed by atoms with Crippen LogP contribution in [0.3, 0.4) is 0 Å². The van der Waals surface area contributed by atoms with Crippen LogP contribution in [0.1, 0.15) is 32.3 Å². The lowest BCUT2D eigenvalue weighted by atomic mass is 10.1. The molecule has 2 heteroatoms. The van der Waals surface area contributed by atoms with Crippen molar-refractivity contribution in [1.29, 1.82) is 0 Å². The number of aryl methyl sites for hydroxylation is 1. The van der Waals surface area contributed by atoms with Crippen molar-refractivity contribution in [2.45, 2.75) is 39.2 Å². The van der Waals surface area contributed by atoms with Gasteiger partial charge in [0.05, 0.1) is 0 Å². The molecule has 96 valence electrons. The summed E-state index contributed by atoms with van der Waals surface area (Å²) in [7, 11) is 4.20. The molecule has 1 aromatic rings. The van der Waals surface area contributed by atoms with Crippen LogP contribution >= 0.6 is 0 Å². The third-order valence-electron chi connectivity index (χ3n) is 3.41. The van der Waals surface area contributed by atoms with Gasteiger partial charge in [0, 0.05) is 25.3 Å². The first-order chi connectivity index (χ1) is 8.17. The number of hydrogen-bond acceptors (Lipinski definition) is 2. The molecule has 0 fully saturated rings. The molecule has 0 heterocycles. The molecule has 17 heavy (non-hydrogen) atoms. The average Bonchev–Trinajstić information content (AvgIpc) is 2.38. The minimum atomic E-state index is 0.617. The molecule has 0 spiro atoms. The van der Waals surface area contributed by atoms with Gasteiger partial charge in [-0.25, -0.2) is 0 Å². The topological polar surface area (TPSA) is 15.3 Å². The minimum absolute atomic E-state index is 0.617. The number of rotatable bonds is 7. The first-order valence-electron chi connectivity index (χ1n) is 6.64. The van der Waals surface area contributed by atoms with E-state index in [1.807, 2.05) is 7.05 Å². The molecule has 1 aromatic carbocycles. The van der Waals surface area contributed by atoms with Crippen LogP contribution in [0.4, 0.5) is 5.69 Å². The van der Waals surface area contributed by atoms with Crippen LogP contribution in [0.25, 0.3) is 0 Å². The van der Waals surface area contributed by atoms with Gasteiger partial charge in [0.15, 0.2) is 0 Å². The van der Waals surface area contributed by atoms with E-state index in [1.165, 1.54) is 24.1 Å². The maximum absolute atomic E-state index is 3.27. The Morgan fingerprint density at radius 3 is 2.41 bits per heavy atom. The molecule has 1 rings (SSSR count). The SMILES string of the molecule is CCc1ccc(N(C)CCCC(C)NC)cc1. The van der Waals surface area contributed by atoms with Gasteiger partial charge in [0.25, 0.3) is 0 Å². The first-order valence-corrected chi connectivity index (χ1v) is 6.64. The molecule has 0 saturated heterocycles. The summed E-state index contributed by atoms with van der Waals surface area (Å²) in [5.41, 5.74) is 2.73. The summed E-state index contributed by atoms with van der Waals surface area (Å²) in [5, 5.41) is 3.27. The van der Waals surface area contributed by atoms with Gasteiger partial charge in [0.1, 0.15) is 0 Å². The van der Waals surface area contributed by atoms with E-state index in [0.29, 0.717) is 6.04 Å². The van der Waals surface area contributed by atoms with Crippen molar-refractivity contribution in [3.63, 3.8) is 0 Å². The molecule has 1 N–H and O–H groups in total. The second-order valence-corrected chi connectivity index (χ2v) is 4.77. The fourth-order valence-corrected chi connectivity index (χ4v) is 1.89. The summed E-state index contributed by atoms with van der Waals surface area (Å²) in [6.07, 6.45) is 3.57. The van der Waals surface area contributed by atoms with E-state index in [2.05, 4.69) is 55.4 Å². The molecule has 0 saturated carbocycles.